The zero-order chi connectivity index (χ0) is 7.98. The van der Waals surface area contributed by atoms with Gasteiger partial charge in [-0.2, -0.15) is 0 Å². The van der Waals surface area contributed by atoms with Gasteiger partial charge in [-0.1, -0.05) is 48.8 Å². The van der Waals surface area contributed by atoms with Gasteiger partial charge in [-0.25, -0.2) is 0 Å². The number of halogens is 1. The second kappa shape index (κ2) is 6.40. The molecular weight excluding hydrogens is 239 g/mol. The van der Waals surface area contributed by atoms with Crippen molar-refractivity contribution < 1.29 is 5.11 Å². The molecular formula is C8H17IO. The number of aliphatic hydroxyl groups is 1. The van der Waals surface area contributed by atoms with Gasteiger partial charge in [0, 0.05) is 3.92 Å². The maximum Gasteiger partial charge on any atom is 0.0629 e. The van der Waals surface area contributed by atoms with Crippen LogP contribution in [-0.2, 0) is 0 Å². The quantitative estimate of drug-likeness (QED) is 0.455. The maximum atomic E-state index is 9.11. The molecule has 0 spiro atoms. The van der Waals surface area contributed by atoms with Crippen molar-refractivity contribution in [1.82, 2.24) is 0 Å². The van der Waals surface area contributed by atoms with Crippen LogP contribution in [0.3, 0.4) is 0 Å². The Bertz CT molecular complexity index is 73.7. The van der Waals surface area contributed by atoms with Crippen LogP contribution in [0.25, 0.3) is 0 Å². The fourth-order valence-electron chi connectivity index (χ4n) is 0.831. The summed E-state index contributed by atoms with van der Waals surface area (Å²) in [5.74, 6) is 0. The molecule has 1 N–H and O–H groups in total. The Hall–Kier alpha value is 0.690. The standard InChI is InChI=1S/C8H17IO/c1-3-4-5-6-8(9)7(2)10/h7-8,10H,3-6H2,1-2H3. The van der Waals surface area contributed by atoms with Crippen molar-refractivity contribution in [2.75, 3.05) is 0 Å². The summed E-state index contributed by atoms with van der Waals surface area (Å²) in [6.07, 6.45) is 4.84. The van der Waals surface area contributed by atoms with E-state index in [0.717, 1.165) is 6.42 Å². The van der Waals surface area contributed by atoms with Gasteiger partial charge >= 0.3 is 0 Å². The molecule has 2 heteroatoms. The van der Waals surface area contributed by atoms with E-state index >= 15 is 0 Å². The van der Waals surface area contributed by atoms with E-state index in [-0.39, 0.29) is 6.10 Å². The first kappa shape index (κ1) is 10.7. The number of rotatable bonds is 5. The van der Waals surface area contributed by atoms with Crippen molar-refractivity contribution in [3.63, 3.8) is 0 Å². The molecule has 2 unspecified atom stereocenters. The Balaban J connectivity index is 3.13. The predicted molar refractivity (Wildman–Crippen MR) is 53.6 cm³/mol. The fraction of sp³-hybridized carbons (Fsp3) is 1.00. The smallest absolute Gasteiger partial charge is 0.0629 e. The molecule has 1 nitrogen and oxygen atoms in total. The van der Waals surface area contributed by atoms with Gasteiger partial charge in [-0.3, -0.25) is 0 Å². The number of alkyl halides is 1. The van der Waals surface area contributed by atoms with Crippen molar-refractivity contribution in [1.29, 1.82) is 0 Å². The van der Waals surface area contributed by atoms with Gasteiger partial charge in [0.2, 0.25) is 0 Å². The molecule has 0 radical (unpaired) electrons. The lowest BCUT2D eigenvalue weighted by Gasteiger charge is -2.11. The van der Waals surface area contributed by atoms with Crippen LogP contribution in [0.2, 0.25) is 0 Å². The number of hydrogen-bond acceptors (Lipinski definition) is 1. The Morgan fingerprint density at radius 1 is 1.40 bits per heavy atom. The van der Waals surface area contributed by atoms with E-state index in [1.165, 1.54) is 19.3 Å². The monoisotopic (exact) mass is 256 g/mol. The minimum absolute atomic E-state index is 0.141. The molecule has 0 aromatic carbocycles. The lowest BCUT2D eigenvalue weighted by molar-refractivity contribution is 0.192. The van der Waals surface area contributed by atoms with E-state index in [0.29, 0.717) is 3.92 Å². The third-order valence-electron chi connectivity index (χ3n) is 1.61. The highest BCUT2D eigenvalue weighted by atomic mass is 127. The van der Waals surface area contributed by atoms with E-state index in [9.17, 15) is 0 Å². The normalized spacial score (nSPS) is 16.8. The summed E-state index contributed by atoms with van der Waals surface area (Å²) in [5.41, 5.74) is 0. The first-order valence-electron chi connectivity index (χ1n) is 4.00. The van der Waals surface area contributed by atoms with Crippen molar-refractivity contribution in [3.05, 3.63) is 0 Å². The number of hydrogen-bond donors (Lipinski definition) is 1. The summed E-state index contributed by atoms with van der Waals surface area (Å²) in [7, 11) is 0. The van der Waals surface area contributed by atoms with Crippen LogP contribution in [0.4, 0.5) is 0 Å². The average molecular weight is 256 g/mol. The summed E-state index contributed by atoms with van der Waals surface area (Å²) in [6.45, 7) is 4.06. The Kier molecular flexibility index (Phi) is 6.85. The zero-order valence-electron chi connectivity index (χ0n) is 6.81. The molecule has 0 saturated heterocycles. The van der Waals surface area contributed by atoms with E-state index in [1.807, 2.05) is 6.92 Å². The Labute approximate surface area is 77.3 Å². The van der Waals surface area contributed by atoms with Crippen LogP contribution in [0, 0.1) is 0 Å². The molecule has 0 aliphatic carbocycles. The lowest BCUT2D eigenvalue weighted by Crippen LogP contribution is -2.15. The molecule has 0 aromatic rings. The van der Waals surface area contributed by atoms with Crippen LogP contribution < -0.4 is 0 Å². The summed E-state index contributed by atoms with van der Waals surface area (Å²) in [6, 6.07) is 0. The van der Waals surface area contributed by atoms with Crippen LogP contribution in [-0.4, -0.2) is 15.1 Å². The SMILES string of the molecule is CCCCCC(I)C(C)O. The third-order valence-corrected chi connectivity index (χ3v) is 3.27. The zero-order valence-corrected chi connectivity index (χ0v) is 8.97. The minimum Gasteiger partial charge on any atom is -0.392 e. The van der Waals surface area contributed by atoms with Gasteiger partial charge < -0.3 is 5.11 Å². The van der Waals surface area contributed by atoms with Crippen LogP contribution in [0.1, 0.15) is 39.5 Å². The van der Waals surface area contributed by atoms with E-state index in [1.54, 1.807) is 0 Å². The first-order chi connectivity index (χ1) is 4.68. The molecule has 0 saturated carbocycles. The highest BCUT2D eigenvalue weighted by molar-refractivity contribution is 14.1. The van der Waals surface area contributed by atoms with Crippen LogP contribution in [0.15, 0.2) is 0 Å². The topological polar surface area (TPSA) is 20.2 Å². The van der Waals surface area contributed by atoms with Gasteiger partial charge in [0.1, 0.15) is 0 Å². The highest BCUT2D eigenvalue weighted by Crippen LogP contribution is 2.14. The van der Waals surface area contributed by atoms with E-state index in [4.69, 9.17) is 5.11 Å². The van der Waals surface area contributed by atoms with Crippen molar-refractivity contribution in [3.8, 4) is 0 Å². The predicted octanol–water partition coefficient (Wildman–Crippen LogP) is 2.75. The van der Waals surface area contributed by atoms with Gasteiger partial charge in [-0.15, -0.1) is 0 Å². The van der Waals surface area contributed by atoms with Crippen LogP contribution >= 0.6 is 22.6 Å². The van der Waals surface area contributed by atoms with Gasteiger partial charge in [0.25, 0.3) is 0 Å². The molecule has 0 aliphatic heterocycles. The molecule has 0 aliphatic rings. The molecule has 62 valence electrons. The molecule has 0 aromatic heterocycles. The van der Waals surface area contributed by atoms with Crippen molar-refractivity contribution in [2.24, 2.45) is 0 Å². The molecule has 0 bridgehead atoms. The third kappa shape index (κ3) is 5.47. The molecule has 0 fully saturated rings. The molecule has 0 heterocycles. The molecule has 10 heavy (non-hydrogen) atoms. The second-order valence-electron chi connectivity index (χ2n) is 2.75. The highest BCUT2D eigenvalue weighted by Gasteiger charge is 2.08. The second-order valence-corrected chi connectivity index (χ2v) is 4.35. The summed E-state index contributed by atoms with van der Waals surface area (Å²) in [4.78, 5) is 0. The number of unbranched alkanes of at least 4 members (excludes halogenated alkanes) is 2. The lowest BCUT2D eigenvalue weighted by atomic mass is 10.1. The summed E-state index contributed by atoms with van der Waals surface area (Å²) < 4.78 is 0.448. The van der Waals surface area contributed by atoms with Crippen molar-refractivity contribution in [2.45, 2.75) is 49.6 Å². The summed E-state index contributed by atoms with van der Waals surface area (Å²) >= 11 is 2.32. The maximum absolute atomic E-state index is 9.11. The van der Waals surface area contributed by atoms with Gasteiger partial charge in [0.15, 0.2) is 0 Å². The van der Waals surface area contributed by atoms with Crippen molar-refractivity contribution >= 4 is 22.6 Å². The van der Waals surface area contributed by atoms with E-state index < -0.39 is 0 Å². The first-order valence-corrected chi connectivity index (χ1v) is 5.25. The fourth-order valence-corrected chi connectivity index (χ4v) is 1.27. The average Bonchev–Trinajstić information content (AvgIpc) is 1.88. The molecule has 0 rings (SSSR count). The van der Waals surface area contributed by atoms with Crippen LogP contribution in [0.5, 0.6) is 0 Å². The molecule has 0 amide bonds. The Morgan fingerprint density at radius 3 is 2.40 bits per heavy atom. The largest absolute Gasteiger partial charge is 0.392 e. The Morgan fingerprint density at radius 2 is 2.00 bits per heavy atom. The van der Waals surface area contributed by atoms with E-state index in [2.05, 4.69) is 29.5 Å². The molecule has 2 atom stereocenters. The van der Waals surface area contributed by atoms with Gasteiger partial charge in [-0.05, 0) is 13.3 Å². The van der Waals surface area contributed by atoms with Gasteiger partial charge in [0.05, 0.1) is 6.10 Å². The number of aliphatic hydroxyl groups excluding tert-OH is 1. The summed E-state index contributed by atoms with van der Waals surface area (Å²) in [5, 5.41) is 9.11. The minimum atomic E-state index is -0.141.